The van der Waals surface area contributed by atoms with Crippen LogP contribution >= 0.6 is 15.9 Å². The van der Waals surface area contributed by atoms with Gasteiger partial charge in [0.2, 0.25) is 11.8 Å². The number of anilines is 1. The predicted octanol–water partition coefficient (Wildman–Crippen LogP) is 5.30. The molecule has 0 bridgehead atoms. The molecule has 40 heavy (non-hydrogen) atoms. The molecule has 2 amide bonds. The SMILES string of the molecule is CCNC(=O)C(CC)N(Cc1ccccc1C)C(=O)CN(c1ccc(OCC)cc1)S(=O)(=O)c1ccc(Br)cc1. The molecule has 0 aliphatic heterocycles. The van der Waals surface area contributed by atoms with Crippen LogP contribution in [0.1, 0.15) is 38.3 Å². The lowest BCUT2D eigenvalue weighted by Gasteiger charge is -2.33. The molecule has 0 saturated carbocycles. The van der Waals surface area contributed by atoms with Gasteiger partial charge in [-0.1, -0.05) is 47.1 Å². The van der Waals surface area contributed by atoms with E-state index in [1.165, 1.54) is 17.0 Å². The molecule has 0 aromatic heterocycles. The van der Waals surface area contributed by atoms with Crippen LogP contribution in [0, 0.1) is 6.92 Å². The predicted molar refractivity (Wildman–Crippen MR) is 161 cm³/mol. The summed E-state index contributed by atoms with van der Waals surface area (Å²) in [5.74, 6) is -0.187. The number of benzene rings is 3. The smallest absolute Gasteiger partial charge is 0.264 e. The van der Waals surface area contributed by atoms with E-state index in [1.807, 2.05) is 52.0 Å². The van der Waals surface area contributed by atoms with Crippen molar-refractivity contribution in [2.75, 3.05) is 24.0 Å². The molecule has 0 radical (unpaired) electrons. The number of sulfonamides is 1. The first-order valence-electron chi connectivity index (χ1n) is 13.2. The van der Waals surface area contributed by atoms with Crippen LogP contribution in [0.15, 0.2) is 82.2 Å². The summed E-state index contributed by atoms with van der Waals surface area (Å²) in [6, 6.07) is 19.7. The summed E-state index contributed by atoms with van der Waals surface area (Å²) in [7, 11) is -4.14. The molecule has 3 aromatic rings. The van der Waals surface area contributed by atoms with Gasteiger partial charge in [-0.3, -0.25) is 13.9 Å². The minimum Gasteiger partial charge on any atom is -0.494 e. The van der Waals surface area contributed by atoms with Crippen LogP contribution in [0.4, 0.5) is 5.69 Å². The molecule has 8 nitrogen and oxygen atoms in total. The summed E-state index contributed by atoms with van der Waals surface area (Å²) in [4.78, 5) is 28.6. The zero-order chi connectivity index (χ0) is 29.3. The largest absolute Gasteiger partial charge is 0.494 e. The second-order valence-corrected chi connectivity index (χ2v) is 11.9. The van der Waals surface area contributed by atoms with Crippen LogP contribution in [0.25, 0.3) is 0 Å². The number of ether oxygens (including phenoxy) is 1. The van der Waals surface area contributed by atoms with E-state index in [-0.39, 0.29) is 17.3 Å². The zero-order valence-electron chi connectivity index (χ0n) is 23.3. The van der Waals surface area contributed by atoms with E-state index >= 15 is 0 Å². The Morgan fingerprint density at radius 2 is 1.60 bits per heavy atom. The van der Waals surface area contributed by atoms with E-state index in [0.29, 0.717) is 31.0 Å². The van der Waals surface area contributed by atoms with Gasteiger partial charge < -0.3 is 15.0 Å². The number of hydrogen-bond donors (Lipinski definition) is 1. The minimum atomic E-state index is -4.14. The van der Waals surface area contributed by atoms with E-state index in [2.05, 4.69) is 21.2 Å². The highest BCUT2D eigenvalue weighted by Gasteiger charge is 2.33. The number of carbonyl (C=O) groups is 2. The Labute approximate surface area is 245 Å². The fourth-order valence-corrected chi connectivity index (χ4v) is 6.00. The highest BCUT2D eigenvalue weighted by molar-refractivity contribution is 9.10. The summed E-state index contributed by atoms with van der Waals surface area (Å²) in [5, 5.41) is 2.81. The fourth-order valence-electron chi connectivity index (χ4n) is 4.32. The molecule has 10 heteroatoms. The van der Waals surface area contributed by atoms with Crippen molar-refractivity contribution in [3.05, 3.63) is 88.4 Å². The third-order valence-corrected chi connectivity index (χ3v) is 8.77. The molecule has 0 fully saturated rings. The first-order chi connectivity index (χ1) is 19.1. The number of hydrogen-bond acceptors (Lipinski definition) is 5. The number of nitrogens with zero attached hydrogens (tertiary/aromatic N) is 2. The van der Waals surface area contributed by atoms with Crippen molar-refractivity contribution in [1.29, 1.82) is 0 Å². The number of aryl methyl sites for hydroxylation is 1. The van der Waals surface area contributed by atoms with Crippen molar-refractivity contribution < 1.29 is 22.7 Å². The highest BCUT2D eigenvalue weighted by Crippen LogP contribution is 2.28. The van der Waals surface area contributed by atoms with Crippen LogP contribution in [0.3, 0.4) is 0 Å². The summed E-state index contributed by atoms with van der Waals surface area (Å²) >= 11 is 3.34. The lowest BCUT2D eigenvalue weighted by molar-refractivity contribution is -0.140. The van der Waals surface area contributed by atoms with Crippen molar-refractivity contribution in [2.24, 2.45) is 0 Å². The lowest BCUT2D eigenvalue weighted by Crippen LogP contribution is -2.52. The molecule has 1 unspecified atom stereocenters. The van der Waals surface area contributed by atoms with Crippen LogP contribution in [-0.4, -0.2) is 50.9 Å². The molecule has 0 saturated heterocycles. The first kappa shape index (κ1) is 31.2. The van der Waals surface area contributed by atoms with Gasteiger partial charge in [0.15, 0.2) is 0 Å². The van der Waals surface area contributed by atoms with Crippen molar-refractivity contribution in [2.45, 2.75) is 51.6 Å². The molecule has 0 heterocycles. The normalized spacial score (nSPS) is 11.9. The first-order valence-corrected chi connectivity index (χ1v) is 15.5. The number of rotatable bonds is 13. The average Bonchev–Trinajstić information content (AvgIpc) is 2.93. The summed E-state index contributed by atoms with van der Waals surface area (Å²) in [6.45, 7) is 8.00. The minimum absolute atomic E-state index is 0.0404. The van der Waals surface area contributed by atoms with Gasteiger partial charge in [-0.25, -0.2) is 8.42 Å². The molecule has 3 aromatic carbocycles. The standard InChI is InChI=1S/C30H36BrN3O5S/c1-5-28(30(36)32-6-2)33(20-23-11-9-8-10-22(23)4)29(35)21-34(25-14-16-26(17-15-25)39-7-3)40(37,38)27-18-12-24(31)13-19-27/h8-19,28H,5-7,20-21H2,1-4H3,(H,32,36). The maximum absolute atomic E-state index is 14.1. The third kappa shape index (κ3) is 7.63. The number of halogens is 1. The van der Waals surface area contributed by atoms with Gasteiger partial charge in [0.25, 0.3) is 10.0 Å². The van der Waals surface area contributed by atoms with E-state index in [0.717, 1.165) is 19.9 Å². The van der Waals surface area contributed by atoms with E-state index in [1.54, 1.807) is 36.4 Å². The maximum atomic E-state index is 14.1. The molecule has 214 valence electrons. The van der Waals surface area contributed by atoms with Gasteiger partial charge in [-0.2, -0.15) is 0 Å². The second kappa shape index (κ2) is 14.3. The number of nitrogens with one attached hydrogen (secondary N) is 1. The van der Waals surface area contributed by atoms with Crippen LogP contribution in [-0.2, 0) is 26.2 Å². The Morgan fingerprint density at radius 1 is 0.950 bits per heavy atom. The van der Waals surface area contributed by atoms with E-state index < -0.39 is 28.5 Å². The molecule has 3 rings (SSSR count). The monoisotopic (exact) mass is 629 g/mol. The molecular weight excluding hydrogens is 594 g/mol. The van der Waals surface area contributed by atoms with Crippen molar-refractivity contribution in [3.63, 3.8) is 0 Å². The molecule has 1 N–H and O–H groups in total. The van der Waals surface area contributed by atoms with Crippen LogP contribution < -0.4 is 14.4 Å². The topological polar surface area (TPSA) is 96.0 Å². The van der Waals surface area contributed by atoms with E-state index in [4.69, 9.17) is 4.74 Å². The Morgan fingerprint density at radius 3 is 2.17 bits per heavy atom. The summed E-state index contributed by atoms with van der Waals surface area (Å²) in [5.41, 5.74) is 2.15. The maximum Gasteiger partial charge on any atom is 0.264 e. The van der Waals surface area contributed by atoms with Gasteiger partial charge in [-0.15, -0.1) is 0 Å². The summed E-state index contributed by atoms with van der Waals surface area (Å²) in [6.07, 6.45) is 0.367. The molecule has 0 aliphatic rings. The third-order valence-electron chi connectivity index (χ3n) is 6.46. The van der Waals surface area contributed by atoms with Crippen molar-refractivity contribution in [1.82, 2.24) is 10.2 Å². The van der Waals surface area contributed by atoms with Gasteiger partial charge in [0.05, 0.1) is 17.2 Å². The quantitative estimate of drug-likeness (QED) is 0.277. The van der Waals surface area contributed by atoms with Gasteiger partial charge in [-0.05, 0) is 86.8 Å². The van der Waals surface area contributed by atoms with E-state index in [9.17, 15) is 18.0 Å². The molecule has 1 atom stereocenters. The average molecular weight is 631 g/mol. The Kier molecular flexibility index (Phi) is 11.2. The van der Waals surface area contributed by atoms with Crippen LogP contribution in [0.2, 0.25) is 0 Å². The number of likely N-dealkylation sites (N-methyl/N-ethyl adjacent to an activating group) is 1. The Bertz CT molecular complexity index is 1400. The van der Waals surface area contributed by atoms with Gasteiger partial charge >= 0.3 is 0 Å². The molecule has 0 aliphatic carbocycles. The zero-order valence-corrected chi connectivity index (χ0v) is 25.7. The van der Waals surface area contributed by atoms with Crippen LogP contribution in [0.5, 0.6) is 5.75 Å². The lowest BCUT2D eigenvalue weighted by atomic mass is 10.1. The summed E-state index contributed by atoms with van der Waals surface area (Å²) < 4.78 is 35.2. The fraction of sp³-hybridized carbons (Fsp3) is 0.333. The second-order valence-electron chi connectivity index (χ2n) is 9.16. The Balaban J connectivity index is 2.07. The Hall–Kier alpha value is -3.37. The number of carbonyl (C=O) groups excluding carboxylic acids is 2. The van der Waals surface area contributed by atoms with Crippen molar-refractivity contribution in [3.8, 4) is 5.75 Å². The molecular formula is C30H36BrN3O5S. The van der Waals surface area contributed by atoms with Gasteiger partial charge in [0.1, 0.15) is 18.3 Å². The number of amides is 2. The van der Waals surface area contributed by atoms with Crippen molar-refractivity contribution >= 4 is 43.5 Å². The highest BCUT2D eigenvalue weighted by atomic mass is 79.9. The molecule has 0 spiro atoms. The van der Waals surface area contributed by atoms with Gasteiger partial charge in [0, 0.05) is 17.6 Å².